The molecule has 0 unspecified atom stereocenters. The van der Waals surface area contributed by atoms with Gasteiger partial charge in [0.15, 0.2) is 0 Å². The minimum atomic E-state index is -1.02. The van der Waals surface area contributed by atoms with E-state index in [1.165, 1.54) is 0 Å². The molecule has 92 valence electrons. The van der Waals surface area contributed by atoms with Crippen molar-refractivity contribution in [3.05, 3.63) is 35.4 Å². The molecule has 0 heterocycles. The Balaban J connectivity index is 2.61. The molecule has 0 aliphatic heterocycles. The van der Waals surface area contributed by atoms with Crippen LogP contribution >= 0.6 is 0 Å². The van der Waals surface area contributed by atoms with Crippen LogP contribution in [0.3, 0.4) is 0 Å². The molecule has 0 radical (unpaired) electrons. The maximum atomic E-state index is 13.1. The Labute approximate surface area is 95.7 Å². The number of carbonyl (C=O) groups is 2. The third-order valence-corrected chi connectivity index (χ3v) is 1.73. The zero-order valence-corrected chi connectivity index (χ0v) is 8.92. The summed E-state index contributed by atoms with van der Waals surface area (Å²) >= 11 is 0. The minimum Gasteiger partial charge on any atom is -0.449 e. The van der Waals surface area contributed by atoms with E-state index in [0.29, 0.717) is 6.07 Å². The van der Waals surface area contributed by atoms with Crippen LogP contribution in [-0.4, -0.2) is 18.6 Å². The van der Waals surface area contributed by atoms with Crippen LogP contribution in [0.25, 0.3) is 0 Å². The number of carbonyl (C=O) groups excluding carboxylic acids is 2. The number of nitrogens with one attached hydrogen (secondary N) is 2. The van der Waals surface area contributed by atoms with Crippen LogP contribution in [0.15, 0.2) is 18.2 Å². The van der Waals surface area contributed by atoms with E-state index in [0.717, 1.165) is 12.1 Å². The molecular formula is C10H10F2N2O3. The lowest BCUT2D eigenvalue weighted by atomic mass is 10.2. The van der Waals surface area contributed by atoms with Crippen molar-refractivity contribution in [1.29, 1.82) is 0 Å². The Hall–Kier alpha value is -2.18. The van der Waals surface area contributed by atoms with E-state index < -0.39 is 23.6 Å². The summed E-state index contributed by atoms with van der Waals surface area (Å²) in [6.07, 6.45) is -0.872. The molecule has 0 saturated carbocycles. The predicted octanol–water partition coefficient (Wildman–Crippen LogP) is 1.36. The van der Waals surface area contributed by atoms with Crippen molar-refractivity contribution in [3.8, 4) is 0 Å². The summed E-state index contributed by atoms with van der Waals surface area (Å²) in [5, 5.41) is 0. The van der Waals surface area contributed by atoms with Crippen LogP contribution in [0.4, 0.5) is 13.6 Å². The van der Waals surface area contributed by atoms with E-state index in [1.807, 2.05) is 10.9 Å². The summed E-state index contributed by atoms with van der Waals surface area (Å²) < 4.78 is 30.2. The van der Waals surface area contributed by atoms with Gasteiger partial charge >= 0.3 is 6.09 Å². The van der Waals surface area contributed by atoms with Crippen molar-refractivity contribution in [2.24, 2.45) is 0 Å². The first kappa shape index (κ1) is 12.9. The van der Waals surface area contributed by atoms with E-state index in [1.54, 1.807) is 6.92 Å². The molecule has 0 aliphatic carbocycles. The molecule has 1 rings (SSSR count). The lowest BCUT2D eigenvalue weighted by Gasteiger charge is -2.07. The number of amides is 2. The average Bonchev–Trinajstić information content (AvgIpc) is 2.26. The van der Waals surface area contributed by atoms with Gasteiger partial charge in [-0.05, 0) is 19.1 Å². The fraction of sp³-hybridized carbons (Fsp3) is 0.200. The molecule has 5 nitrogen and oxygen atoms in total. The first-order valence-electron chi connectivity index (χ1n) is 4.72. The summed E-state index contributed by atoms with van der Waals surface area (Å²) in [5.74, 6) is -2.72. The van der Waals surface area contributed by atoms with Crippen LogP contribution < -0.4 is 10.9 Å². The highest BCUT2D eigenvalue weighted by Crippen LogP contribution is 2.08. The van der Waals surface area contributed by atoms with Crippen molar-refractivity contribution in [1.82, 2.24) is 10.9 Å². The summed E-state index contributed by atoms with van der Waals surface area (Å²) in [7, 11) is 0. The van der Waals surface area contributed by atoms with Gasteiger partial charge in [0.2, 0.25) is 0 Å². The van der Waals surface area contributed by atoms with Crippen LogP contribution in [0.2, 0.25) is 0 Å². The lowest BCUT2D eigenvalue weighted by molar-refractivity contribution is 0.0908. The maximum Gasteiger partial charge on any atom is 0.426 e. The van der Waals surface area contributed by atoms with E-state index in [9.17, 15) is 18.4 Å². The van der Waals surface area contributed by atoms with Gasteiger partial charge in [-0.2, -0.15) is 0 Å². The highest BCUT2D eigenvalue weighted by molar-refractivity contribution is 5.95. The van der Waals surface area contributed by atoms with Gasteiger partial charge in [-0.3, -0.25) is 10.2 Å². The average molecular weight is 244 g/mol. The number of hydrogen-bond donors (Lipinski definition) is 2. The monoisotopic (exact) mass is 244 g/mol. The smallest absolute Gasteiger partial charge is 0.426 e. The van der Waals surface area contributed by atoms with Gasteiger partial charge < -0.3 is 4.74 Å². The molecule has 1 aromatic carbocycles. The minimum absolute atomic E-state index is 0.132. The van der Waals surface area contributed by atoms with Crippen molar-refractivity contribution in [3.63, 3.8) is 0 Å². The highest BCUT2D eigenvalue weighted by Gasteiger charge is 2.13. The highest BCUT2D eigenvalue weighted by atomic mass is 19.1. The molecule has 0 fully saturated rings. The summed E-state index contributed by atoms with van der Waals surface area (Å²) in [4.78, 5) is 22.2. The number of halogens is 2. The number of hydrazine groups is 1. The predicted molar refractivity (Wildman–Crippen MR) is 54.0 cm³/mol. The van der Waals surface area contributed by atoms with Gasteiger partial charge in [-0.25, -0.2) is 19.0 Å². The van der Waals surface area contributed by atoms with Crippen molar-refractivity contribution < 1.29 is 23.1 Å². The van der Waals surface area contributed by atoms with Gasteiger partial charge in [-0.15, -0.1) is 0 Å². The molecule has 0 bridgehead atoms. The summed E-state index contributed by atoms with van der Waals surface area (Å²) in [6, 6.07) is 2.47. The van der Waals surface area contributed by atoms with E-state index in [4.69, 9.17) is 0 Å². The quantitative estimate of drug-likeness (QED) is 0.772. The largest absolute Gasteiger partial charge is 0.449 e. The first-order valence-corrected chi connectivity index (χ1v) is 4.72. The van der Waals surface area contributed by atoms with E-state index in [-0.39, 0.29) is 12.2 Å². The van der Waals surface area contributed by atoms with Gasteiger partial charge in [0, 0.05) is 6.07 Å². The van der Waals surface area contributed by atoms with E-state index >= 15 is 0 Å². The van der Waals surface area contributed by atoms with Gasteiger partial charge in [0.25, 0.3) is 5.91 Å². The summed E-state index contributed by atoms with van der Waals surface area (Å²) in [5.41, 5.74) is 3.43. The molecule has 7 heteroatoms. The molecule has 2 N–H and O–H groups in total. The molecule has 17 heavy (non-hydrogen) atoms. The maximum absolute atomic E-state index is 13.1. The van der Waals surface area contributed by atoms with Gasteiger partial charge in [0.05, 0.1) is 12.2 Å². The third kappa shape index (κ3) is 3.71. The first-order chi connectivity index (χ1) is 8.04. The lowest BCUT2D eigenvalue weighted by Crippen LogP contribution is -2.42. The second kappa shape index (κ2) is 5.78. The topological polar surface area (TPSA) is 67.4 Å². The number of ether oxygens (including phenoxy) is 1. The molecule has 2 amide bonds. The van der Waals surface area contributed by atoms with Crippen LogP contribution in [-0.2, 0) is 4.74 Å². The third-order valence-electron chi connectivity index (χ3n) is 1.73. The molecule has 1 aromatic rings. The zero-order chi connectivity index (χ0) is 12.8. The second-order valence-corrected chi connectivity index (χ2v) is 2.92. The number of rotatable bonds is 2. The van der Waals surface area contributed by atoms with Crippen LogP contribution in [0.5, 0.6) is 0 Å². The molecule has 0 atom stereocenters. The van der Waals surface area contributed by atoms with Crippen LogP contribution in [0.1, 0.15) is 17.3 Å². The van der Waals surface area contributed by atoms with Gasteiger partial charge in [-0.1, -0.05) is 0 Å². The Bertz CT molecular complexity index is 438. The summed E-state index contributed by atoms with van der Waals surface area (Å²) in [6.45, 7) is 1.72. The molecule has 0 aliphatic rings. The normalized spacial score (nSPS) is 9.59. The molecule has 0 spiro atoms. The SMILES string of the molecule is CCOC(=O)NNC(=O)c1ccc(F)cc1F. The Morgan fingerprint density at radius 2 is 2.00 bits per heavy atom. The fourth-order valence-corrected chi connectivity index (χ4v) is 1.02. The van der Waals surface area contributed by atoms with Gasteiger partial charge in [0.1, 0.15) is 11.6 Å². The Morgan fingerprint density at radius 3 is 2.59 bits per heavy atom. The van der Waals surface area contributed by atoms with E-state index in [2.05, 4.69) is 4.74 Å². The number of benzene rings is 1. The Morgan fingerprint density at radius 1 is 1.29 bits per heavy atom. The fourth-order valence-electron chi connectivity index (χ4n) is 1.02. The van der Waals surface area contributed by atoms with Crippen molar-refractivity contribution in [2.45, 2.75) is 6.92 Å². The molecular weight excluding hydrogens is 234 g/mol. The molecule has 0 saturated heterocycles. The van der Waals surface area contributed by atoms with Crippen LogP contribution in [0, 0.1) is 11.6 Å². The number of hydrogen-bond acceptors (Lipinski definition) is 3. The second-order valence-electron chi connectivity index (χ2n) is 2.92. The zero-order valence-electron chi connectivity index (χ0n) is 8.92. The standard InChI is InChI=1S/C10H10F2N2O3/c1-2-17-10(16)14-13-9(15)7-4-3-6(11)5-8(7)12/h3-5H,2H2,1H3,(H,13,15)(H,14,16). The van der Waals surface area contributed by atoms with Crippen molar-refractivity contribution >= 4 is 12.0 Å². The van der Waals surface area contributed by atoms with Crippen molar-refractivity contribution in [2.75, 3.05) is 6.61 Å². The Kier molecular flexibility index (Phi) is 4.38. The molecule has 0 aromatic heterocycles.